The van der Waals surface area contributed by atoms with E-state index in [0.29, 0.717) is 46.1 Å². The molecule has 4 aromatic rings. The molecule has 2 aromatic heterocycles. The Kier molecular flexibility index (Phi) is 7.97. The predicted octanol–water partition coefficient (Wildman–Crippen LogP) is 5.78. The van der Waals surface area contributed by atoms with E-state index in [9.17, 15) is 8.42 Å². The minimum absolute atomic E-state index is 0.00791. The van der Waals surface area contributed by atoms with Crippen LogP contribution in [-0.2, 0) is 10.0 Å². The number of ether oxygens (including phenoxy) is 1. The molecule has 0 amide bonds. The second-order valence-electron chi connectivity index (χ2n) is 9.50. The molecule has 0 atom stereocenters. The van der Waals surface area contributed by atoms with E-state index in [1.165, 1.54) is 12.1 Å². The van der Waals surface area contributed by atoms with Crippen molar-refractivity contribution in [3.05, 3.63) is 83.6 Å². The summed E-state index contributed by atoms with van der Waals surface area (Å²) in [4.78, 5) is 13.5. The van der Waals surface area contributed by atoms with Crippen LogP contribution in [0.2, 0.25) is 5.02 Å². The number of aryl methyl sites for hydroxylation is 1. The Bertz CT molecular complexity index is 1580. The maximum atomic E-state index is 12.8. The number of nitrogens with one attached hydrogen (secondary N) is 2. The minimum atomic E-state index is -3.85. The van der Waals surface area contributed by atoms with Gasteiger partial charge in [-0.2, -0.15) is 0 Å². The second kappa shape index (κ2) is 11.6. The lowest BCUT2D eigenvalue weighted by Crippen LogP contribution is -2.33. The Morgan fingerprint density at radius 2 is 1.77 bits per heavy atom. The quantitative estimate of drug-likeness (QED) is 0.245. The highest BCUT2D eigenvalue weighted by molar-refractivity contribution is 7.92. The SMILES string of the molecule is Cc1cc(NS(=O)(=O)c2ccccc2Cl)ccc1Oc1ncccc1-c1ccnc(N[C@H]2CC[C@H](N)CC2)n1. The van der Waals surface area contributed by atoms with Gasteiger partial charge in [0, 0.05) is 30.2 Å². The standard InChI is InChI=1S/C28H29ClN6O3S/c1-18-17-21(35-39(36,37)26-7-3-2-6-23(26)29)12-13-25(18)38-27-22(5-4-15-31-27)24-14-16-32-28(34-24)33-20-10-8-19(30)9-11-20/h2-7,12-17,19-20,35H,8-11,30H2,1H3,(H,32,33,34)/t19-,20-. The van der Waals surface area contributed by atoms with E-state index in [1.54, 1.807) is 42.7 Å². The molecule has 39 heavy (non-hydrogen) atoms. The van der Waals surface area contributed by atoms with Crippen LogP contribution in [0, 0.1) is 6.92 Å². The van der Waals surface area contributed by atoms with Gasteiger partial charge in [-0.1, -0.05) is 23.7 Å². The van der Waals surface area contributed by atoms with E-state index in [1.807, 2.05) is 25.1 Å². The lowest BCUT2D eigenvalue weighted by molar-refractivity contribution is 0.410. The fourth-order valence-corrected chi connectivity index (χ4v) is 6.07. The van der Waals surface area contributed by atoms with Crippen molar-refractivity contribution in [2.24, 2.45) is 5.73 Å². The molecule has 0 spiro atoms. The summed E-state index contributed by atoms with van der Waals surface area (Å²) >= 11 is 6.09. The fourth-order valence-electron chi connectivity index (χ4n) is 4.50. The van der Waals surface area contributed by atoms with E-state index >= 15 is 0 Å². The average Bonchev–Trinajstić information content (AvgIpc) is 2.92. The number of pyridine rings is 1. The highest BCUT2D eigenvalue weighted by atomic mass is 35.5. The van der Waals surface area contributed by atoms with Gasteiger partial charge in [-0.25, -0.2) is 23.4 Å². The van der Waals surface area contributed by atoms with Gasteiger partial charge in [-0.05, 0) is 86.7 Å². The van der Waals surface area contributed by atoms with Gasteiger partial charge >= 0.3 is 0 Å². The predicted molar refractivity (Wildman–Crippen MR) is 153 cm³/mol. The molecule has 0 unspecified atom stereocenters. The normalized spacial score (nSPS) is 17.4. The summed E-state index contributed by atoms with van der Waals surface area (Å²) in [5.74, 6) is 1.45. The van der Waals surface area contributed by atoms with Crippen LogP contribution in [0.4, 0.5) is 11.6 Å². The number of aromatic nitrogens is 3. The number of halogens is 1. The largest absolute Gasteiger partial charge is 0.438 e. The van der Waals surface area contributed by atoms with Crippen LogP contribution in [0.3, 0.4) is 0 Å². The number of anilines is 2. The number of nitrogens with two attached hydrogens (primary N) is 1. The van der Waals surface area contributed by atoms with Gasteiger partial charge in [0.05, 0.1) is 16.3 Å². The zero-order valence-electron chi connectivity index (χ0n) is 21.3. The summed E-state index contributed by atoms with van der Waals surface area (Å²) < 4.78 is 34.4. The van der Waals surface area contributed by atoms with Gasteiger partial charge < -0.3 is 15.8 Å². The van der Waals surface area contributed by atoms with Crippen molar-refractivity contribution in [3.8, 4) is 22.9 Å². The Balaban J connectivity index is 1.34. The molecule has 1 aliphatic rings. The number of sulfonamides is 1. The number of nitrogens with zero attached hydrogens (tertiary/aromatic N) is 3. The van der Waals surface area contributed by atoms with Crippen molar-refractivity contribution in [2.75, 3.05) is 10.0 Å². The zero-order valence-corrected chi connectivity index (χ0v) is 22.9. The van der Waals surface area contributed by atoms with Gasteiger partial charge in [-0.15, -0.1) is 0 Å². The molecule has 4 N–H and O–H groups in total. The van der Waals surface area contributed by atoms with Crippen LogP contribution in [0.15, 0.2) is 78.0 Å². The van der Waals surface area contributed by atoms with Crippen LogP contribution in [0.5, 0.6) is 11.6 Å². The smallest absolute Gasteiger partial charge is 0.263 e. The molecule has 0 saturated heterocycles. The number of hydrogen-bond acceptors (Lipinski definition) is 8. The second-order valence-corrected chi connectivity index (χ2v) is 11.6. The molecule has 2 aromatic carbocycles. The van der Waals surface area contributed by atoms with E-state index in [4.69, 9.17) is 27.1 Å². The summed E-state index contributed by atoms with van der Waals surface area (Å²) in [7, 11) is -3.85. The molecule has 202 valence electrons. The molecule has 1 aliphatic carbocycles. The van der Waals surface area contributed by atoms with Crippen molar-refractivity contribution in [3.63, 3.8) is 0 Å². The highest BCUT2D eigenvalue weighted by Gasteiger charge is 2.20. The van der Waals surface area contributed by atoms with Crippen LogP contribution in [0.1, 0.15) is 31.2 Å². The Morgan fingerprint density at radius 3 is 2.54 bits per heavy atom. The maximum absolute atomic E-state index is 12.8. The van der Waals surface area contributed by atoms with Gasteiger partial charge in [0.25, 0.3) is 10.0 Å². The van der Waals surface area contributed by atoms with Crippen LogP contribution >= 0.6 is 11.6 Å². The van der Waals surface area contributed by atoms with E-state index in [2.05, 4.69) is 20.0 Å². The van der Waals surface area contributed by atoms with Crippen LogP contribution in [-0.4, -0.2) is 35.5 Å². The molecule has 0 radical (unpaired) electrons. The minimum Gasteiger partial charge on any atom is -0.438 e. The molecule has 1 saturated carbocycles. The third-order valence-corrected chi connectivity index (χ3v) is 8.45. The number of benzene rings is 2. The Labute approximate surface area is 232 Å². The van der Waals surface area contributed by atoms with Crippen molar-refractivity contribution >= 4 is 33.3 Å². The lowest BCUT2D eigenvalue weighted by Gasteiger charge is -2.26. The third kappa shape index (κ3) is 6.47. The molecule has 0 bridgehead atoms. The highest BCUT2D eigenvalue weighted by Crippen LogP contribution is 2.34. The third-order valence-electron chi connectivity index (χ3n) is 6.57. The first kappa shape index (κ1) is 26.9. The summed E-state index contributed by atoms with van der Waals surface area (Å²) in [5.41, 5.74) is 8.51. The summed E-state index contributed by atoms with van der Waals surface area (Å²) in [6.45, 7) is 1.83. The summed E-state index contributed by atoms with van der Waals surface area (Å²) in [6, 6.07) is 17.4. The Hall–Kier alpha value is -3.73. The van der Waals surface area contributed by atoms with Crippen molar-refractivity contribution in [2.45, 2.75) is 49.6 Å². The Morgan fingerprint density at radius 1 is 0.974 bits per heavy atom. The molecule has 2 heterocycles. The molecular formula is C28H29ClN6O3S. The molecule has 9 nitrogen and oxygen atoms in total. The topological polar surface area (TPSA) is 132 Å². The molecular weight excluding hydrogens is 536 g/mol. The van der Waals surface area contributed by atoms with E-state index in [-0.39, 0.29) is 16.0 Å². The molecule has 5 rings (SSSR count). The number of rotatable bonds is 8. The zero-order chi connectivity index (χ0) is 27.4. The lowest BCUT2D eigenvalue weighted by atomic mass is 9.92. The first-order valence-corrected chi connectivity index (χ1v) is 14.5. The number of hydrogen-bond donors (Lipinski definition) is 3. The fraction of sp³-hybridized carbons (Fsp3) is 0.250. The van der Waals surface area contributed by atoms with Gasteiger partial charge in [0.1, 0.15) is 10.6 Å². The summed E-state index contributed by atoms with van der Waals surface area (Å²) in [5, 5.41) is 3.58. The first-order valence-electron chi connectivity index (χ1n) is 12.6. The van der Waals surface area contributed by atoms with Crippen molar-refractivity contribution in [1.29, 1.82) is 0 Å². The average molecular weight is 565 g/mol. The van der Waals surface area contributed by atoms with Gasteiger partial charge in [0.15, 0.2) is 0 Å². The van der Waals surface area contributed by atoms with Crippen LogP contribution < -0.4 is 20.5 Å². The van der Waals surface area contributed by atoms with E-state index < -0.39 is 10.0 Å². The first-order chi connectivity index (χ1) is 18.8. The molecule has 1 fully saturated rings. The maximum Gasteiger partial charge on any atom is 0.263 e. The van der Waals surface area contributed by atoms with Gasteiger partial charge in [0.2, 0.25) is 11.8 Å². The monoisotopic (exact) mass is 564 g/mol. The van der Waals surface area contributed by atoms with Crippen LogP contribution in [0.25, 0.3) is 11.3 Å². The molecule has 0 aliphatic heterocycles. The summed E-state index contributed by atoms with van der Waals surface area (Å²) in [6.07, 6.45) is 7.29. The van der Waals surface area contributed by atoms with E-state index in [0.717, 1.165) is 25.7 Å². The molecule has 11 heteroatoms. The van der Waals surface area contributed by atoms with Crippen molar-refractivity contribution in [1.82, 2.24) is 15.0 Å². The van der Waals surface area contributed by atoms with Gasteiger partial charge in [-0.3, -0.25) is 4.72 Å². The van der Waals surface area contributed by atoms with Crippen molar-refractivity contribution < 1.29 is 13.2 Å².